The predicted octanol–water partition coefficient (Wildman–Crippen LogP) is 4.09. The largest absolute Gasteiger partial charge is 0.416 e. The minimum absolute atomic E-state index is 0.0765. The molecule has 120 valence electrons. The van der Waals surface area contributed by atoms with Gasteiger partial charge < -0.3 is 5.32 Å². The molecule has 1 fully saturated rings. The number of rotatable bonds is 2. The van der Waals surface area contributed by atoms with Crippen LogP contribution in [0.2, 0.25) is 0 Å². The van der Waals surface area contributed by atoms with Crippen LogP contribution in [0.4, 0.5) is 13.2 Å². The fourth-order valence-electron chi connectivity index (χ4n) is 3.13. The lowest BCUT2D eigenvalue weighted by atomic mass is 9.77. The van der Waals surface area contributed by atoms with Gasteiger partial charge in [-0.1, -0.05) is 42.5 Å². The van der Waals surface area contributed by atoms with Crippen molar-refractivity contribution in [3.05, 3.63) is 71.3 Å². The lowest BCUT2D eigenvalue weighted by Gasteiger charge is -2.32. The van der Waals surface area contributed by atoms with Crippen LogP contribution in [0.1, 0.15) is 34.9 Å². The highest BCUT2D eigenvalue weighted by atomic mass is 19.4. The molecule has 0 aromatic heterocycles. The van der Waals surface area contributed by atoms with E-state index < -0.39 is 11.7 Å². The van der Waals surface area contributed by atoms with E-state index in [0.717, 1.165) is 23.3 Å². The number of piperidine rings is 1. The summed E-state index contributed by atoms with van der Waals surface area (Å²) in [5, 5.41) is 2.85. The van der Waals surface area contributed by atoms with Gasteiger partial charge in [0.05, 0.1) is 11.5 Å². The molecule has 2 atom stereocenters. The first-order valence-electron chi connectivity index (χ1n) is 7.46. The van der Waals surface area contributed by atoms with E-state index in [1.54, 1.807) is 0 Å². The highest BCUT2D eigenvalue weighted by molar-refractivity contribution is 5.85. The fourth-order valence-corrected chi connectivity index (χ4v) is 3.13. The van der Waals surface area contributed by atoms with Crippen molar-refractivity contribution in [2.24, 2.45) is 0 Å². The van der Waals surface area contributed by atoms with Gasteiger partial charge in [0, 0.05) is 12.5 Å². The van der Waals surface area contributed by atoms with E-state index in [9.17, 15) is 18.0 Å². The number of halogens is 3. The highest BCUT2D eigenvalue weighted by Crippen LogP contribution is 2.39. The lowest BCUT2D eigenvalue weighted by molar-refractivity contribution is -0.137. The molecule has 5 heteroatoms. The van der Waals surface area contributed by atoms with Crippen molar-refractivity contribution >= 4 is 5.91 Å². The van der Waals surface area contributed by atoms with Crippen LogP contribution in [0.3, 0.4) is 0 Å². The topological polar surface area (TPSA) is 29.1 Å². The molecule has 0 bridgehead atoms. The van der Waals surface area contributed by atoms with Crippen LogP contribution in [0.25, 0.3) is 0 Å². The maximum atomic E-state index is 12.7. The molecule has 2 nitrogen and oxygen atoms in total. The van der Waals surface area contributed by atoms with Crippen LogP contribution < -0.4 is 5.32 Å². The smallest absolute Gasteiger partial charge is 0.356 e. The summed E-state index contributed by atoms with van der Waals surface area (Å²) in [7, 11) is 0. The second-order valence-electron chi connectivity index (χ2n) is 5.69. The lowest BCUT2D eigenvalue weighted by Crippen LogP contribution is -2.39. The van der Waals surface area contributed by atoms with Gasteiger partial charge in [0.1, 0.15) is 0 Å². The molecule has 0 aliphatic carbocycles. The van der Waals surface area contributed by atoms with Gasteiger partial charge >= 0.3 is 6.18 Å². The first-order valence-corrected chi connectivity index (χ1v) is 7.46. The summed E-state index contributed by atoms with van der Waals surface area (Å²) in [6.07, 6.45) is -3.64. The van der Waals surface area contributed by atoms with Gasteiger partial charge in [0.25, 0.3) is 0 Å². The summed E-state index contributed by atoms with van der Waals surface area (Å²) in [5.74, 6) is -0.567. The summed E-state index contributed by atoms with van der Waals surface area (Å²) in [5.41, 5.74) is 0.981. The molecule has 3 rings (SSSR count). The first kappa shape index (κ1) is 15.6. The zero-order valence-electron chi connectivity index (χ0n) is 12.3. The molecule has 1 heterocycles. The van der Waals surface area contributed by atoms with Crippen LogP contribution in [0, 0.1) is 0 Å². The standard InChI is InChI=1S/C18H16F3NO/c19-18(20,21)14-8-6-12(7-9-14)15-10-11-22-17(23)16(15)13-4-2-1-3-5-13/h1-9,15-16H,10-11H2,(H,22,23)/t15-,16+/m1/s1. The molecule has 0 spiro atoms. The van der Waals surface area contributed by atoms with E-state index in [2.05, 4.69) is 5.32 Å². The van der Waals surface area contributed by atoms with Crippen LogP contribution >= 0.6 is 0 Å². The van der Waals surface area contributed by atoms with Crippen LogP contribution in [-0.2, 0) is 11.0 Å². The normalized spacial score (nSPS) is 21.8. The SMILES string of the molecule is O=C1NCC[C@H](c2ccc(C(F)(F)F)cc2)[C@@H]1c1ccccc1. The second kappa shape index (κ2) is 6.07. The van der Waals surface area contributed by atoms with Crippen LogP contribution in [0.5, 0.6) is 0 Å². The van der Waals surface area contributed by atoms with Crippen molar-refractivity contribution in [2.45, 2.75) is 24.4 Å². The Labute approximate surface area is 132 Å². The molecular formula is C18H16F3NO. The van der Waals surface area contributed by atoms with E-state index in [1.807, 2.05) is 30.3 Å². The Hall–Kier alpha value is -2.30. The Bertz CT molecular complexity index is 680. The number of alkyl halides is 3. The van der Waals surface area contributed by atoms with Gasteiger partial charge in [-0.25, -0.2) is 0 Å². The van der Waals surface area contributed by atoms with Crippen molar-refractivity contribution in [3.8, 4) is 0 Å². The summed E-state index contributed by atoms with van der Waals surface area (Å²) >= 11 is 0. The van der Waals surface area contributed by atoms with Gasteiger partial charge in [-0.15, -0.1) is 0 Å². The quantitative estimate of drug-likeness (QED) is 0.887. The molecule has 1 aliphatic rings. The number of nitrogens with one attached hydrogen (secondary N) is 1. The number of amides is 1. The van der Waals surface area contributed by atoms with Crippen molar-refractivity contribution in [1.29, 1.82) is 0 Å². The van der Waals surface area contributed by atoms with Crippen LogP contribution in [0.15, 0.2) is 54.6 Å². The number of hydrogen-bond donors (Lipinski definition) is 1. The van der Waals surface area contributed by atoms with Gasteiger partial charge in [-0.2, -0.15) is 13.2 Å². The predicted molar refractivity (Wildman–Crippen MR) is 81.0 cm³/mol. The van der Waals surface area contributed by atoms with E-state index in [4.69, 9.17) is 0 Å². The molecule has 0 unspecified atom stereocenters. The zero-order valence-corrected chi connectivity index (χ0v) is 12.3. The molecule has 23 heavy (non-hydrogen) atoms. The van der Waals surface area contributed by atoms with E-state index in [1.165, 1.54) is 12.1 Å². The zero-order chi connectivity index (χ0) is 16.4. The monoisotopic (exact) mass is 319 g/mol. The molecule has 0 saturated carbocycles. The second-order valence-corrected chi connectivity index (χ2v) is 5.69. The number of benzene rings is 2. The number of carbonyl (C=O) groups excluding carboxylic acids is 1. The average molecular weight is 319 g/mol. The summed E-state index contributed by atoms with van der Waals surface area (Å²) in [4.78, 5) is 12.3. The van der Waals surface area contributed by atoms with E-state index in [-0.39, 0.29) is 17.7 Å². The van der Waals surface area contributed by atoms with E-state index >= 15 is 0 Å². The minimum Gasteiger partial charge on any atom is -0.356 e. The minimum atomic E-state index is -4.35. The maximum Gasteiger partial charge on any atom is 0.416 e. The molecule has 1 saturated heterocycles. The number of hydrogen-bond acceptors (Lipinski definition) is 1. The van der Waals surface area contributed by atoms with Gasteiger partial charge in [0.2, 0.25) is 5.91 Å². The molecule has 2 aromatic carbocycles. The Balaban J connectivity index is 1.94. The summed E-state index contributed by atoms with van der Waals surface area (Å²) in [6, 6.07) is 14.5. The fraction of sp³-hybridized carbons (Fsp3) is 0.278. The van der Waals surface area contributed by atoms with Crippen molar-refractivity contribution in [1.82, 2.24) is 5.32 Å². The Morgan fingerprint density at radius 3 is 2.17 bits per heavy atom. The Morgan fingerprint density at radius 2 is 1.57 bits per heavy atom. The summed E-state index contributed by atoms with van der Waals surface area (Å²) in [6.45, 7) is 0.536. The van der Waals surface area contributed by atoms with Gasteiger partial charge in [0.15, 0.2) is 0 Å². The third kappa shape index (κ3) is 3.23. The van der Waals surface area contributed by atoms with Crippen molar-refractivity contribution in [2.75, 3.05) is 6.54 Å². The molecule has 0 radical (unpaired) electrons. The van der Waals surface area contributed by atoms with Gasteiger partial charge in [-0.3, -0.25) is 4.79 Å². The van der Waals surface area contributed by atoms with E-state index in [0.29, 0.717) is 13.0 Å². The Morgan fingerprint density at radius 1 is 0.913 bits per heavy atom. The highest BCUT2D eigenvalue weighted by Gasteiger charge is 2.35. The third-order valence-electron chi connectivity index (χ3n) is 4.26. The average Bonchev–Trinajstić information content (AvgIpc) is 2.55. The van der Waals surface area contributed by atoms with Crippen molar-refractivity contribution < 1.29 is 18.0 Å². The van der Waals surface area contributed by atoms with Crippen molar-refractivity contribution in [3.63, 3.8) is 0 Å². The Kier molecular flexibility index (Phi) is 4.11. The molecular weight excluding hydrogens is 303 g/mol. The maximum absolute atomic E-state index is 12.7. The molecule has 1 N–H and O–H groups in total. The molecule has 1 amide bonds. The molecule has 1 aliphatic heterocycles. The van der Waals surface area contributed by atoms with Crippen LogP contribution in [-0.4, -0.2) is 12.5 Å². The summed E-state index contributed by atoms with van der Waals surface area (Å²) < 4.78 is 38.1. The first-order chi connectivity index (χ1) is 11.0. The van der Waals surface area contributed by atoms with Gasteiger partial charge in [-0.05, 0) is 29.7 Å². The third-order valence-corrected chi connectivity index (χ3v) is 4.26. The molecule has 2 aromatic rings. The number of carbonyl (C=O) groups is 1.